The highest BCUT2D eigenvalue weighted by atomic mass is 15.3. The van der Waals surface area contributed by atoms with Crippen LogP contribution in [0.25, 0.3) is 0 Å². The van der Waals surface area contributed by atoms with Crippen LogP contribution >= 0.6 is 0 Å². The normalized spacial score (nSPS) is 20.1. The van der Waals surface area contributed by atoms with Gasteiger partial charge in [-0.2, -0.15) is 5.10 Å². The maximum Gasteiger partial charge on any atom is 0.0540 e. The molecule has 2 rings (SSSR count). The van der Waals surface area contributed by atoms with Gasteiger partial charge >= 0.3 is 0 Å². The van der Waals surface area contributed by atoms with E-state index in [-0.39, 0.29) is 0 Å². The van der Waals surface area contributed by atoms with E-state index in [1.165, 1.54) is 36.9 Å². The number of hydrogen-bond acceptors (Lipinski definition) is 2. The molecular weight excluding hydrogens is 198 g/mol. The molecule has 90 valence electrons. The molecule has 0 radical (unpaired) electrons. The molecule has 0 saturated heterocycles. The Labute approximate surface area is 98.2 Å². The summed E-state index contributed by atoms with van der Waals surface area (Å²) in [4.78, 5) is 0. The minimum absolute atomic E-state index is 0.525. The number of rotatable bonds is 4. The van der Waals surface area contributed by atoms with E-state index >= 15 is 0 Å². The Bertz CT molecular complexity index is 341. The van der Waals surface area contributed by atoms with Crippen LogP contribution in [-0.4, -0.2) is 16.8 Å². The minimum Gasteiger partial charge on any atom is -0.313 e. The first kappa shape index (κ1) is 11.6. The lowest BCUT2D eigenvalue weighted by Crippen LogP contribution is -2.22. The van der Waals surface area contributed by atoms with Crippen LogP contribution in [0.2, 0.25) is 0 Å². The van der Waals surface area contributed by atoms with Gasteiger partial charge in [-0.3, -0.25) is 4.68 Å². The average molecular weight is 221 g/mol. The second-order valence-electron chi connectivity index (χ2n) is 5.19. The summed E-state index contributed by atoms with van der Waals surface area (Å²) in [5.41, 5.74) is 2.89. The number of fused-ring (bicyclic) bond motifs is 1. The number of nitrogens with zero attached hydrogens (tertiary/aromatic N) is 2. The summed E-state index contributed by atoms with van der Waals surface area (Å²) in [6.45, 7) is 5.61. The van der Waals surface area contributed by atoms with Gasteiger partial charge in [-0.1, -0.05) is 13.8 Å². The van der Waals surface area contributed by atoms with E-state index in [1.807, 2.05) is 7.05 Å². The van der Waals surface area contributed by atoms with E-state index in [4.69, 9.17) is 0 Å². The fourth-order valence-corrected chi connectivity index (χ4v) is 2.49. The zero-order valence-electron chi connectivity index (χ0n) is 10.7. The van der Waals surface area contributed by atoms with Gasteiger partial charge in [0, 0.05) is 23.8 Å². The average Bonchev–Trinajstić information content (AvgIpc) is 2.69. The van der Waals surface area contributed by atoms with Crippen molar-refractivity contribution in [1.29, 1.82) is 0 Å². The van der Waals surface area contributed by atoms with Crippen molar-refractivity contribution in [1.82, 2.24) is 15.1 Å². The van der Waals surface area contributed by atoms with Gasteiger partial charge in [-0.05, 0) is 38.6 Å². The zero-order chi connectivity index (χ0) is 11.5. The van der Waals surface area contributed by atoms with Crippen LogP contribution in [0.15, 0.2) is 6.20 Å². The molecule has 16 heavy (non-hydrogen) atoms. The molecular formula is C13H23N3. The molecule has 0 bridgehead atoms. The number of aryl methyl sites for hydroxylation is 1. The van der Waals surface area contributed by atoms with Crippen LogP contribution in [0, 0.1) is 5.92 Å². The molecule has 1 aliphatic carbocycles. The molecule has 1 aliphatic rings. The SMILES string of the molecule is CNC1CCCc2c1cnn2CCC(C)C. The summed E-state index contributed by atoms with van der Waals surface area (Å²) in [6.07, 6.45) is 7.02. The topological polar surface area (TPSA) is 29.9 Å². The maximum atomic E-state index is 4.54. The second kappa shape index (κ2) is 5.00. The Morgan fingerprint density at radius 1 is 1.56 bits per heavy atom. The van der Waals surface area contributed by atoms with Crippen LogP contribution in [0.4, 0.5) is 0 Å². The Hall–Kier alpha value is -0.830. The fraction of sp³-hybridized carbons (Fsp3) is 0.769. The molecule has 0 fully saturated rings. The van der Waals surface area contributed by atoms with Crippen LogP contribution < -0.4 is 5.32 Å². The first-order valence-electron chi connectivity index (χ1n) is 6.44. The van der Waals surface area contributed by atoms with Gasteiger partial charge in [0.25, 0.3) is 0 Å². The van der Waals surface area contributed by atoms with Crippen molar-refractivity contribution >= 4 is 0 Å². The van der Waals surface area contributed by atoms with Gasteiger partial charge in [-0.15, -0.1) is 0 Å². The summed E-state index contributed by atoms with van der Waals surface area (Å²) < 4.78 is 2.22. The molecule has 1 unspecified atom stereocenters. The maximum absolute atomic E-state index is 4.54. The molecule has 1 heterocycles. The highest BCUT2D eigenvalue weighted by molar-refractivity contribution is 5.24. The van der Waals surface area contributed by atoms with Gasteiger partial charge in [0.15, 0.2) is 0 Å². The Kier molecular flexibility index (Phi) is 3.64. The van der Waals surface area contributed by atoms with Gasteiger partial charge in [0.1, 0.15) is 0 Å². The van der Waals surface area contributed by atoms with E-state index in [1.54, 1.807) is 0 Å². The first-order chi connectivity index (χ1) is 7.72. The lowest BCUT2D eigenvalue weighted by Gasteiger charge is -2.22. The van der Waals surface area contributed by atoms with E-state index < -0.39 is 0 Å². The zero-order valence-corrected chi connectivity index (χ0v) is 10.7. The summed E-state index contributed by atoms with van der Waals surface area (Å²) in [5.74, 6) is 0.753. The van der Waals surface area contributed by atoms with Crippen molar-refractivity contribution in [2.45, 2.75) is 52.1 Å². The van der Waals surface area contributed by atoms with Gasteiger partial charge < -0.3 is 5.32 Å². The molecule has 0 aliphatic heterocycles. The van der Waals surface area contributed by atoms with Gasteiger partial charge in [-0.25, -0.2) is 0 Å². The Balaban J connectivity index is 2.13. The quantitative estimate of drug-likeness (QED) is 0.846. The minimum atomic E-state index is 0.525. The van der Waals surface area contributed by atoms with Crippen LogP contribution in [0.3, 0.4) is 0 Å². The third-order valence-electron chi connectivity index (χ3n) is 3.53. The van der Waals surface area contributed by atoms with Crippen LogP contribution in [0.5, 0.6) is 0 Å². The molecule has 0 spiro atoms. The Morgan fingerprint density at radius 3 is 3.06 bits per heavy atom. The monoisotopic (exact) mass is 221 g/mol. The van der Waals surface area contributed by atoms with Crippen molar-refractivity contribution in [2.24, 2.45) is 5.92 Å². The van der Waals surface area contributed by atoms with Gasteiger partial charge in [0.2, 0.25) is 0 Å². The molecule has 0 saturated carbocycles. The van der Waals surface area contributed by atoms with Crippen molar-refractivity contribution in [3.8, 4) is 0 Å². The number of hydrogen-bond donors (Lipinski definition) is 1. The summed E-state index contributed by atoms with van der Waals surface area (Å²) in [7, 11) is 2.05. The molecule has 3 heteroatoms. The molecule has 0 amide bonds. The van der Waals surface area contributed by atoms with E-state index in [0.29, 0.717) is 6.04 Å². The van der Waals surface area contributed by atoms with E-state index in [9.17, 15) is 0 Å². The summed E-state index contributed by atoms with van der Waals surface area (Å²) in [6, 6.07) is 0.525. The summed E-state index contributed by atoms with van der Waals surface area (Å²) >= 11 is 0. The molecule has 1 aromatic rings. The molecule has 1 aromatic heterocycles. The van der Waals surface area contributed by atoms with Crippen LogP contribution in [0.1, 0.15) is 50.4 Å². The fourth-order valence-electron chi connectivity index (χ4n) is 2.49. The number of aromatic nitrogens is 2. The van der Waals surface area contributed by atoms with Gasteiger partial charge in [0.05, 0.1) is 6.20 Å². The predicted molar refractivity (Wildman–Crippen MR) is 66.4 cm³/mol. The van der Waals surface area contributed by atoms with E-state index in [2.05, 4.69) is 35.1 Å². The smallest absolute Gasteiger partial charge is 0.0540 e. The molecule has 0 aromatic carbocycles. The largest absolute Gasteiger partial charge is 0.313 e. The van der Waals surface area contributed by atoms with Crippen LogP contribution in [-0.2, 0) is 13.0 Å². The predicted octanol–water partition coefficient (Wildman–Crippen LogP) is 2.53. The molecule has 1 N–H and O–H groups in total. The Morgan fingerprint density at radius 2 is 2.38 bits per heavy atom. The lowest BCUT2D eigenvalue weighted by atomic mass is 9.93. The second-order valence-corrected chi connectivity index (χ2v) is 5.19. The third-order valence-corrected chi connectivity index (χ3v) is 3.53. The molecule has 1 atom stereocenters. The summed E-state index contributed by atoms with van der Waals surface area (Å²) in [5, 5.41) is 7.93. The highest BCUT2D eigenvalue weighted by Gasteiger charge is 2.22. The highest BCUT2D eigenvalue weighted by Crippen LogP contribution is 2.29. The van der Waals surface area contributed by atoms with Crippen molar-refractivity contribution in [2.75, 3.05) is 7.05 Å². The molecule has 3 nitrogen and oxygen atoms in total. The lowest BCUT2D eigenvalue weighted by molar-refractivity contribution is 0.448. The van der Waals surface area contributed by atoms with Crippen molar-refractivity contribution < 1.29 is 0 Å². The van der Waals surface area contributed by atoms with Crippen molar-refractivity contribution in [3.05, 3.63) is 17.5 Å². The first-order valence-corrected chi connectivity index (χ1v) is 6.44. The van der Waals surface area contributed by atoms with E-state index in [0.717, 1.165) is 12.5 Å². The standard InChI is InChI=1S/C13H23N3/c1-10(2)7-8-16-13-6-4-5-12(14-3)11(13)9-15-16/h9-10,12,14H,4-8H2,1-3H3. The third kappa shape index (κ3) is 2.29. The van der Waals surface area contributed by atoms with Crippen molar-refractivity contribution in [3.63, 3.8) is 0 Å². The number of nitrogens with one attached hydrogen (secondary N) is 1.